The molecule has 0 saturated heterocycles. The first-order valence-corrected chi connectivity index (χ1v) is 11.9. The fraction of sp³-hybridized carbons (Fsp3) is 0.423. The van der Waals surface area contributed by atoms with Crippen molar-refractivity contribution in [1.82, 2.24) is 20.0 Å². The van der Waals surface area contributed by atoms with Gasteiger partial charge in [0.1, 0.15) is 11.9 Å². The number of nitriles is 1. The number of pyridine rings is 1. The van der Waals surface area contributed by atoms with E-state index in [2.05, 4.69) is 46.4 Å². The summed E-state index contributed by atoms with van der Waals surface area (Å²) in [5, 5.41) is 26.4. The maximum absolute atomic E-state index is 11.7. The van der Waals surface area contributed by atoms with Gasteiger partial charge in [0.15, 0.2) is 0 Å². The van der Waals surface area contributed by atoms with Gasteiger partial charge in [0.05, 0.1) is 11.1 Å². The highest BCUT2D eigenvalue weighted by Gasteiger charge is 2.27. The molecule has 35 heavy (non-hydrogen) atoms. The van der Waals surface area contributed by atoms with Crippen molar-refractivity contribution in [1.29, 1.82) is 5.26 Å². The molecule has 0 aliphatic carbocycles. The second-order valence-corrected chi connectivity index (χ2v) is 9.67. The number of aromatic nitrogens is 3. The maximum Gasteiger partial charge on any atom is 0.407 e. The van der Waals surface area contributed by atoms with Gasteiger partial charge in [-0.3, -0.25) is 0 Å². The Morgan fingerprint density at radius 2 is 2.09 bits per heavy atom. The van der Waals surface area contributed by atoms with Crippen LogP contribution in [0.5, 0.6) is 0 Å². The van der Waals surface area contributed by atoms with E-state index in [1.165, 1.54) is 10.5 Å². The van der Waals surface area contributed by atoms with Gasteiger partial charge < -0.3 is 19.8 Å². The lowest BCUT2D eigenvalue weighted by Gasteiger charge is -2.24. The van der Waals surface area contributed by atoms with Gasteiger partial charge in [0.2, 0.25) is 5.82 Å². The number of nitrogens with zero attached hydrogens (tertiary/aromatic N) is 5. The van der Waals surface area contributed by atoms with Crippen LogP contribution < -0.4 is 5.32 Å². The van der Waals surface area contributed by atoms with Crippen molar-refractivity contribution < 1.29 is 14.4 Å². The van der Waals surface area contributed by atoms with Crippen molar-refractivity contribution in [2.75, 3.05) is 18.4 Å². The van der Waals surface area contributed by atoms with Crippen LogP contribution in [-0.2, 0) is 6.42 Å². The van der Waals surface area contributed by atoms with Crippen LogP contribution in [0.15, 0.2) is 35.0 Å². The average molecular weight is 475 g/mol. The third kappa shape index (κ3) is 5.43. The van der Waals surface area contributed by atoms with E-state index in [1.807, 2.05) is 26.0 Å². The molecule has 1 aliphatic rings. The Morgan fingerprint density at radius 3 is 2.77 bits per heavy atom. The molecule has 182 valence electrons. The minimum Gasteiger partial charge on any atom is -0.465 e. The number of hydrogen-bond acceptors (Lipinski definition) is 7. The van der Waals surface area contributed by atoms with Crippen LogP contribution in [-0.4, -0.2) is 50.4 Å². The zero-order chi connectivity index (χ0) is 25.1. The smallest absolute Gasteiger partial charge is 0.407 e. The highest BCUT2D eigenvalue weighted by molar-refractivity contribution is 5.67. The number of anilines is 1. The minimum atomic E-state index is -0.880. The number of carboxylic acid groups (broad SMARTS) is 1. The fourth-order valence-electron chi connectivity index (χ4n) is 4.53. The summed E-state index contributed by atoms with van der Waals surface area (Å²) in [5.74, 6) is 1.83. The van der Waals surface area contributed by atoms with Gasteiger partial charge >= 0.3 is 6.09 Å². The van der Waals surface area contributed by atoms with Crippen LogP contribution in [0.4, 0.5) is 10.6 Å². The highest BCUT2D eigenvalue weighted by Crippen LogP contribution is 2.33. The van der Waals surface area contributed by atoms with Crippen LogP contribution in [0.3, 0.4) is 0 Å². The molecular formula is C26H30N6O3. The molecule has 0 saturated carbocycles. The number of benzene rings is 1. The van der Waals surface area contributed by atoms with Gasteiger partial charge in [-0.2, -0.15) is 10.2 Å². The summed E-state index contributed by atoms with van der Waals surface area (Å²) in [6.45, 7) is 9.22. The van der Waals surface area contributed by atoms with E-state index in [-0.39, 0.29) is 17.9 Å². The minimum absolute atomic E-state index is 0.145. The second kappa shape index (κ2) is 10.1. The van der Waals surface area contributed by atoms with E-state index in [4.69, 9.17) is 4.52 Å². The van der Waals surface area contributed by atoms with Gasteiger partial charge in [0, 0.05) is 36.8 Å². The molecule has 9 nitrogen and oxygen atoms in total. The molecule has 1 aliphatic heterocycles. The van der Waals surface area contributed by atoms with Gasteiger partial charge in [-0.1, -0.05) is 31.1 Å². The summed E-state index contributed by atoms with van der Waals surface area (Å²) >= 11 is 0. The van der Waals surface area contributed by atoms with Gasteiger partial charge in [0.25, 0.3) is 5.89 Å². The lowest BCUT2D eigenvalue weighted by molar-refractivity contribution is 0.142. The first-order valence-electron chi connectivity index (χ1n) is 11.9. The zero-order valence-electron chi connectivity index (χ0n) is 20.4. The summed E-state index contributed by atoms with van der Waals surface area (Å²) < 4.78 is 5.50. The molecule has 1 aromatic carbocycles. The molecule has 0 fully saturated rings. The molecule has 3 aromatic rings. The Morgan fingerprint density at radius 1 is 1.29 bits per heavy atom. The van der Waals surface area contributed by atoms with Crippen molar-refractivity contribution in [3.8, 4) is 28.9 Å². The molecule has 0 radical (unpaired) electrons. The Labute approximate surface area is 204 Å². The Bertz CT molecular complexity index is 1260. The summed E-state index contributed by atoms with van der Waals surface area (Å²) in [7, 11) is 0. The molecule has 1 atom stereocenters. The lowest BCUT2D eigenvalue weighted by atomic mass is 9.86. The summed E-state index contributed by atoms with van der Waals surface area (Å²) in [5.41, 5.74) is 4.07. The fourth-order valence-corrected chi connectivity index (χ4v) is 4.53. The number of amides is 1. The van der Waals surface area contributed by atoms with Crippen LogP contribution >= 0.6 is 0 Å². The van der Waals surface area contributed by atoms with Crippen LogP contribution in [0.1, 0.15) is 56.7 Å². The quantitative estimate of drug-likeness (QED) is 0.501. The number of fused-ring (bicyclic) bond motifs is 1. The predicted molar refractivity (Wildman–Crippen MR) is 132 cm³/mol. The van der Waals surface area contributed by atoms with Crippen molar-refractivity contribution in [3.63, 3.8) is 0 Å². The molecule has 2 N–H and O–H groups in total. The van der Waals surface area contributed by atoms with Crippen molar-refractivity contribution in [3.05, 3.63) is 47.2 Å². The number of rotatable bonds is 6. The molecule has 1 amide bonds. The molecule has 0 bridgehead atoms. The number of nitrogens with one attached hydrogen (secondary N) is 1. The summed E-state index contributed by atoms with van der Waals surface area (Å²) in [6, 6.07) is 10.1. The molecule has 0 spiro atoms. The Balaban J connectivity index is 1.63. The monoisotopic (exact) mass is 474 g/mol. The van der Waals surface area contributed by atoms with Crippen LogP contribution in [0.2, 0.25) is 0 Å². The SMILES string of the molecule is CC(C)CC1CN(C(=O)O)CCc2cc(-c3noc(-c4cnc(NC(C)C)c(C#N)c4)n3)ccc21. The second-order valence-electron chi connectivity index (χ2n) is 9.67. The molecule has 4 rings (SSSR count). The van der Waals surface area contributed by atoms with E-state index in [0.29, 0.717) is 48.2 Å². The van der Waals surface area contributed by atoms with E-state index in [1.54, 1.807) is 12.3 Å². The summed E-state index contributed by atoms with van der Waals surface area (Å²) in [4.78, 5) is 22.1. The zero-order valence-corrected chi connectivity index (χ0v) is 20.4. The van der Waals surface area contributed by atoms with Crippen molar-refractivity contribution in [2.24, 2.45) is 5.92 Å². The molecule has 1 unspecified atom stereocenters. The van der Waals surface area contributed by atoms with E-state index < -0.39 is 6.09 Å². The van der Waals surface area contributed by atoms with Gasteiger partial charge in [-0.15, -0.1) is 0 Å². The first-order chi connectivity index (χ1) is 16.7. The molecule has 9 heteroatoms. The number of carbonyl (C=O) groups is 1. The third-order valence-corrected chi connectivity index (χ3v) is 6.07. The predicted octanol–water partition coefficient (Wildman–Crippen LogP) is 5.16. The number of hydrogen-bond donors (Lipinski definition) is 2. The Kier molecular flexibility index (Phi) is 7.01. The van der Waals surface area contributed by atoms with Crippen LogP contribution in [0.25, 0.3) is 22.8 Å². The lowest BCUT2D eigenvalue weighted by Crippen LogP contribution is -2.33. The topological polar surface area (TPSA) is 128 Å². The largest absolute Gasteiger partial charge is 0.465 e. The van der Waals surface area contributed by atoms with Crippen LogP contribution in [0, 0.1) is 17.2 Å². The van der Waals surface area contributed by atoms with Crippen molar-refractivity contribution >= 4 is 11.9 Å². The van der Waals surface area contributed by atoms with Crippen molar-refractivity contribution in [2.45, 2.75) is 52.5 Å². The molecular weight excluding hydrogens is 444 g/mol. The van der Waals surface area contributed by atoms with Gasteiger partial charge in [-0.25, -0.2) is 9.78 Å². The van der Waals surface area contributed by atoms with E-state index in [9.17, 15) is 15.2 Å². The Hall–Kier alpha value is -3.93. The highest BCUT2D eigenvalue weighted by atomic mass is 16.5. The van der Waals surface area contributed by atoms with E-state index >= 15 is 0 Å². The van der Waals surface area contributed by atoms with Gasteiger partial charge in [-0.05, 0) is 55.9 Å². The standard InChI is InChI=1S/C26H30N6O3/c1-15(2)9-21-14-32(26(33)34)8-7-17-10-18(5-6-22(17)21)24-30-25(35-31-24)20-11-19(12-27)23(28-13-20)29-16(3)4/h5-6,10-11,13,15-16,21H,7-9,14H2,1-4H3,(H,28,29)(H,33,34). The molecule has 3 heterocycles. The maximum atomic E-state index is 11.7. The van der Waals surface area contributed by atoms with E-state index in [0.717, 1.165) is 17.5 Å². The normalized spacial score (nSPS) is 15.6. The first kappa shape index (κ1) is 24.2. The average Bonchev–Trinajstić information content (AvgIpc) is 3.23. The summed E-state index contributed by atoms with van der Waals surface area (Å²) in [6.07, 6.45) is 2.28. The molecule has 2 aromatic heterocycles. The third-order valence-electron chi connectivity index (χ3n) is 6.07.